The molecule has 0 saturated heterocycles. The van der Waals surface area contributed by atoms with E-state index in [-0.39, 0.29) is 5.41 Å². The Morgan fingerprint density at radius 2 is 1.14 bits per heavy atom. The quantitative estimate of drug-likeness (QED) is 0.217. The SMILES string of the molecule is CCCC=CC(C=CCCC)(C=CCCC)CCCC=O. The first-order chi connectivity index (χ1) is 10.2. The summed E-state index contributed by atoms with van der Waals surface area (Å²) in [6, 6.07) is 0. The predicted molar refractivity (Wildman–Crippen MR) is 94.5 cm³/mol. The molecule has 0 amide bonds. The zero-order chi connectivity index (χ0) is 15.8. The van der Waals surface area contributed by atoms with Gasteiger partial charge in [0, 0.05) is 11.8 Å². The van der Waals surface area contributed by atoms with Gasteiger partial charge in [-0.05, 0) is 32.1 Å². The normalized spacial score (nSPS) is 15.2. The van der Waals surface area contributed by atoms with Crippen LogP contribution >= 0.6 is 0 Å². The van der Waals surface area contributed by atoms with Gasteiger partial charge in [-0.3, -0.25) is 0 Å². The number of hydrogen-bond acceptors (Lipinski definition) is 1. The van der Waals surface area contributed by atoms with Gasteiger partial charge in [-0.1, -0.05) is 76.5 Å². The van der Waals surface area contributed by atoms with Crippen molar-refractivity contribution < 1.29 is 4.79 Å². The van der Waals surface area contributed by atoms with Crippen molar-refractivity contribution in [1.29, 1.82) is 0 Å². The van der Waals surface area contributed by atoms with Crippen molar-refractivity contribution in [3.8, 4) is 0 Å². The van der Waals surface area contributed by atoms with E-state index in [4.69, 9.17) is 0 Å². The third kappa shape index (κ3) is 10.3. The van der Waals surface area contributed by atoms with Crippen molar-refractivity contribution in [1.82, 2.24) is 0 Å². The van der Waals surface area contributed by atoms with Crippen molar-refractivity contribution in [2.75, 3.05) is 0 Å². The molecule has 0 aromatic rings. The maximum absolute atomic E-state index is 10.6. The highest BCUT2D eigenvalue weighted by molar-refractivity contribution is 5.49. The van der Waals surface area contributed by atoms with Crippen molar-refractivity contribution in [3.63, 3.8) is 0 Å². The minimum Gasteiger partial charge on any atom is -0.303 e. The molecule has 0 aromatic carbocycles. The number of carbonyl (C=O) groups is 1. The van der Waals surface area contributed by atoms with E-state index in [1.54, 1.807) is 0 Å². The molecule has 0 atom stereocenters. The first-order valence-corrected chi connectivity index (χ1v) is 8.71. The van der Waals surface area contributed by atoms with Crippen LogP contribution in [0.4, 0.5) is 0 Å². The lowest BCUT2D eigenvalue weighted by molar-refractivity contribution is -0.107. The molecule has 0 aliphatic heterocycles. The maximum atomic E-state index is 10.6. The largest absolute Gasteiger partial charge is 0.303 e. The zero-order valence-corrected chi connectivity index (χ0v) is 14.3. The van der Waals surface area contributed by atoms with Gasteiger partial charge in [0.15, 0.2) is 0 Å². The molecule has 0 rings (SSSR count). The Balaban J connectivity index is 5.08. The summed E-state index contributed by atoms with van der Waals surface area (Å²) in [6.07, 6.45) is 24.5. The summed E-state index contributed by atoms with van der Waals surface area (Å²) in [7, 11) is 0. The first kappa shape index (κ1) is 19.9. The Kier molecular flexibility index (Phi) is 13.1. The molecule has 0 aliphatic carbocycles. The minimum atomic E-state index is 0.00250. The van der Waals surface area contributed by atoms with E-state index in [2.05, 4.69) is 57.2 Å². The van der Waals surface area contributed by atoms with Crippen LogP contribution in [0, 0.1) is 5.41 Å². The van der Waals surface area contributed by atoms with Crippen LogP contribution in [0.15, 0.2) is 36.5 Å². The summed E-state index contributed by atoms with van der Waals surface area (Å²) >= 11 is 0. The second kappa shape index (κ2) is 13.9. The van der Waals surface area contributed by atoms with Gasteiger partial charge < -0.3 is 4.79 Å². The molecule has 0 aromatic heterocycles. The molecule has 0 radical (unpaired) electrons. The monoisotopic (exact) mass is 290 g/mol. The van der Waals surface area contributed by atoms with Crippen molar-refractivity contribution in [2.45, 2.75) is 78.6 Å². The van der Waals surface area contributed by atoms with Crippen LogP contribution in [-0.2, 0) is 4.79 Å². The highest BCUT2D eigenvalue weighted by atomic mass is 16.1. The maximum Gasteiger partial charge on any atom is 0.119 e. The average molecular weight is 290 g/mol. The summed E-state index contributed by atoms with van der Waals surface area (Å²) in [6.45, 7) is 6.62. The van der Waals surface area contributed by atoms with Gasteiger partial charge >= 0.3 is 0 Å². The second-order valence-corrected chi connectivity index (χ2v) is 5.74. The summed E-state index contributed by atoms with van der Waals surface area (Å²) in [5.74, 6) is 0. The second-order valence-electron chi connectivity index (χ2n) is 5.74. The molecule has 0 heterocycles. The number of carbonyl (C=O) groups excluding carboxylic acids is 1. The van der Waals surface area contributed by atoms with Gasteiger partial charge in [0.05, 0.1) is 0 Å². The Bertz CT molecular complexity index is 282. The van der Waals surface area contributed by atoms with Gasteiger partial charge in [0.1, 0.15) is 6.29 Å². The van der Waals surface area contributed by atoms with E-state index in [0.29, 0.717) is 6.42 Å². The molecular weight excluding hydrogens is 256 g/mol. The van der Waals surface area contributed by atoms with E-state index in [0.717, 1.165) is 38.4 Å². The topological polar surface area (TPSA) is 17.1 Å². The molecule has 120 valence electrons. The fourth-order valence-electron chi connectivity index (χ4n) is 2.32. The fraction of sp³-hybridized carbons (Fsp3) is 0.650. The predicted octanol–water partition coefficient (Wildman–Crippen LogP) is 6.41. The van der Waals surface area contributed by atoms with Crippen molar-refractivity contribution >= 4 is 6.29 Å². The van der Waals surface area contributed by atoms with Crippen LogP contribution < -0.4 is 0 Å². The van der Waals surface area contributed by atoms with Gasteiger partial charge in [-0.25, -0.2) is 0 Å². The Labute approximate surface area is 132 Å². The number of rotatable bonds is 13. The van der Waals surface area contributed by atoms with E-state index in [9.17, 15) is 4.79 Å². The Hall–Kier alpha value is -1.11. The van der Waals surface area contributed by atoms with Crippen LogP contribution in [0.1, 0.15) is 78.6 Å². The highest BCUT2D eigenvalue weighted by Crippen LogP contribution is 2.31. The lowest BCUT2D eigenvalue weighted by Crippen LogP contribution is -2.12. The van der Waals surface area contributed by atoms with E-state index < -0.39 is 0 Å². The number of hydrogen-bond donors (Lipinski definition) is 0. The number of allylic oxidation sites excluding steroid dienone is 6. The molecule has 1 heteroatoms. The van der Waals surface area contributed by atoms with Gasteiger partial charge in [0.25, 0.3) is 0 Å². The fourth-order valence-corrected chi connectivity index (χ4v) is 2.32. The van der Waals surface area contributed by atoms with E-state index in [1.165, 1.54) is 19.3 Å². The smallest absolute Gasteiger partial charge is 0.119 e. The Morgan fingerprint density at radius 1 is 0.714 bits per heavy atom. The molecule has 0 spiro atoms. The molecule has 0 unspecified atom stereocenters. The molecule has 0 N–H and O–H groups in total. The average Bonchev–Trinajstić information content (AvgIpc) is 2.48. The lowest BCUT2D eigenvalue weighted by atomic mass is 9.80. The van der Waals surface area contributed by atoms with Gasteiger partial charge in [-0.15, -0.1) is 0 Å². The Morgan fingerprint density at radius 3 is 1.48 bits per heavy atom. The highest BCUT2D eigenvalue weighted by Gasteiger charge is 2.19. The first-order valence-electron chi connectivity index (χ1n) is 8.71. The van der Waals surface area contributed by atoms with E-state index >= 15 is 0 Å². The van der Waals surface area contributed by atoms with Gasteiger partial charge in [-0.2, -0.15) is 0 Å². The van der Waals surface area contributed by atoms with Crippen molar-refractivity contribution in [3.05, 3.63) is 36.5 Å². The molecule has 21 heavy (non-hydrogen) atoms. The van der Waals surface area contributed by atoms with Crippen LogP contribution in [0.25, 0.3) is 0 Å². The van der Waals surface area contributed by atoms with Gasteiger partial charge in [0.2, 0.25) is 0 Å². The number of unbranched alkanes of at least 4 members (excludes halogenated alkanes) is 4. The number of aldehydes is 1. The molecule has 0 aliphatic rings. The van der Waals surface area contributed by atoms with Crippen LogP contribution in [0.3, 0.4) is 0 Å². The summed E-state index contributed by atoms with van der Waals surface area (Å²) in [5, 5.41) is 0. The minimum absolute atomic E-state index is 0.00250. The lowest BCUT2D eigenvalue weighted by Gasteiger charge is -2.24. The van der Waals surface area contributed by atoms with Crippen molar-refractivity contribution in [2.24, 2.45) is 5.41 Å². The van der Waals surface area contributed by atoms with Crippen LogP contribution in [-0.4, -0.2) is 6.29 Å². The van der Waals surface area contributed by atoms with Crippen LogP contribution in [0.2, 0.25) is 0 Å². The molecule has 0 bridgehead atoms. The standard InChI is InChI=1S/C20H34O/c1-4-7-10-15-20(16-11-8-5-2,17-12-9-6-3)18-13-14-19-21/h10-12,15-17,19H,4-9,13-14,18H2,1-3H3. The molecule has 1 nitrogen and oxygen atoms in total. The van der Waals surface area contributed by atoms with Crippen LogP contribution in [0.5, 0.6) is 0 Å². The third-order valence-electron chi connectivity index (χ3n) is 3.58. The molecule has 0 fully saturated rings. The van der Waals surface area contributed by atoms with E-state index in [1.807, 2.05) is 0 Å². The zero-order valence-electron chi connectivity index (χ0n) is 14.3. The molecule has 0 saturated carbocycles. The third-order valence-corrected chi connectivity index (χ3v) is 3.58. The molecular formula is C20H34O. The summed E-state index contributed by atoms with van der Waals surface area (Å²) in [4.78, 5) is 10.6. The summed E-state index contributed by atoms with van der Waals surface area (Å²) in [5.41, 5.74) is 0.00250. The summed E-state index contributed by atoms with van der Waals surface area (Å²) < 4.78 is 0.